The predicted molar refractivity (Wildman–Crippen MR) is 103 cm³/mol. The van der Waals surface area contributed by atoms with Gasteiger partial charge < -0.3 is 9.64 Å². The fourth-order valence-electron chi connectivity index (χ4n) is 4.41. The normalized spacial score (nSPS) is 19.6. The van der Waals surface area contributed by atoms with Crippen LogP contribution in [-0.4, -0.2) is 30.0 Å². The number of benzene rings is 1. The number of methoxy groups -OCH3 is 1. The van der Waals surface area contributed by atoms with E-state index in [-0.39, 0.29) is 5.91 Å². The SMILES string of the molecule is COc1c(Cl)ccc(Cl)c1C(=O)N(C1CCCCC1)C1CCCCC1. The average Bonchev–Trinajstić information content (AvgIpc) is 2.65. The Hall–Kier alpha value is -0.930. The van der Waals surface area contributed by atoms with E-state index in [0.717, 1.165) is 25.7 Å². The Labute approximate surface area is 160 Å². The van der Waals surface area contributed by atoms with Gasteiger partial charge in [0.25, 0.3) is 5.91 Å². The van der Waals surface area contributed by atoms with Gasteiger partial charge in [-0.2, -0.15) is 0 Å². The van der Waals surface area contributed by atoms with Gasteiger partial charge in [0.1, 0.15) is 5.56 Å². The maximum Gasteiger partial charge on any atom is 0.259 e. The number of carbonyl (C=O) groups excluding carboxylic acids is 1. The van der Waals surface area contributed by atoms with Gasteiger partial charge in [0.2, 0.25) is 0 Å². The van der Waals surface area contributed by atoms with Gasteiger partial charge in [0, 0.05) is 12.1 Å². The standard InChI is InChI=1S/C20H27Cl2NO2/c1-25-19-17(22)13-12-16(21)18(19)20(24)23(14-8-4-2-5-9-14)15-10-6-3-7-11-15/h12-15H,2-11H2,1H3. The first-order valence-corrected chi connectivity index (χ1v) is 10.2. The summed E-state index contributed by atoms with van der Waals surface area (Å²) >= 11 is 12.7. The Morgan fingerprint density at radius 1 is 0.920 bits per heavy atom. The second-order valence-corrected chi connectivity index (χ2v) is 8.05. The average molecular weight is 384 g/mol. The highest BCUT2D eigenvalue weighted by Gasteiger charge is 2.35. The molecule has 0 unspecified atom stereocenters. The van der Waals surface area contributed by atoms with Crippen LogP contribution >= 0.6 is 23.2 Å². The van der Waals surface area contributed by atoms with E-state index in [0.29, 0.717) is 33.4 Å². The van der Waals surface area contributed by atoms with Gasteiger partial charge in [0.05, 0.1) is 17.2 Å². The molecule has 0 heterocycles. The van der Waals surface area contributed by atoms with E-state index < -0.39 is 0 Å². The summed E-state index contributed by atoms with van der Waals surface area (Å²) < 4.78 is 5.44. The van der Waals surface area contributed by atoms with E-state index in [2.05, 4.69) is 4.90 Å². The van der Waals surface area contributed by atoms with Gasteiger partial charge in [-0.3, -0.25) is 4.79 Å². The first-order valence-electron chi connectivity index (χ1n) is 9.48. The molecule has 1 aromatic carbocycles. The summed E-state index contributed by atoms with van der Waals surface area (Å²) in [6.45, 7) is 0. The number of halogens is 2. The third-order valence-corrected chi connectivity index (χ3v) is 6.26. The lowest BCUT2D eigenvalue weighted by Gasteiger charge is -2.42. The molecule has 5 heteroatoms. The van der Waals surface area contributed by atoms with Crippen LogP contribution in [-0.2, 0) is 0 Å². The highest BCUT2D eigenvalue weighted by Crippen LogP contribution is 2.38. The second kappa shape index (κ2) is 8.64. The molecule has 0 aromatic heterocycles. The molecule has 1 amide bonds. The molecular formula is C20H27Cl2NO2. The monoisotopic (exact) mass is 383 g/mol. The van der Waals surface area contributed by atoms with E-state index in [1.807, 2.05) is 0 Å². The van der Waals surface area contributed by atoms with Crippen molar-refractivity contribution in [2.75, 3.05) is 7.11 Å². The van der Waals surface area contributed by atoms with Crippen molar-refractivity contribution in [3.05, 3.63) is 27.7 Å². The van der Waals surface area contributed by atoms with Crippen molar-refractivity contribution in [3.63, 3.8) is 0 Å². The molecule has 0 radical (unpaired) electrons. The molecule has 2 aliphatic carbocycles. The van der Waals surface area contributed by atoms with E-state index in [1.165, 1.54) is 38.5 Å². The van der Waals surface area contributed by atoms with Crippen LogP contribution in [0, 0.1) is 0 Å². The maximum absolute atomic E-state index is 13.6. The minimum Gasteiger partial charge on any atom is -0.494 e. The molecule has 0 atom stereocenters. The Bertz CT molecular complexity index is 590. The molecule has 0 saturated heterocycles. The van der Waals surface area contributed by atoms with Crippen LogP contribution < -0.4 is 4.74 Å². The molecule has 2 fully saturated rings. The summed E-state index contributed by atoms with van der Waals surface area (Å²) in [5.41, 5.74) is 0.424. The van der Waals surface area contributed by atoms with Crippen molar-refractivity contribution in [2.24, 2.45) is 0 Å². The van der Waals surface area contributed by atoms with Crippen LogP contribution in [0.4, 0.5) is 0 Å². The fraction of sp³-hybridized carbons (Fsp3) is 0.650. The molecule has 25 heavy (non-hydrogen) atoms. The smallest absolute Gasteiger partial charge is 0.259 e. The van der Waals surface area contributed by atoms with Crippen molar-refractivity contribution < 1.29 is 9.53 Å². The van der Waals surface area contributed by atoms with Gasteiger partial charge in [-0.1, -0.05) is 61.7 Å². The number of amides is 1. The largest absolute Gasteiger partial charge is 0.494 e. The number of hydrogen-bond acceptors (Lipinski definition) is 2. The zero-order valence-electron chi connectivity index (χ0n) is 14.9. The summed E-state index contributed by atoms with van der Waals surface area (Å²) in [7, 11) is 1.54. The Morgan fingerprint density at radius 3 is 1.88 bits per heavy atom. The molecule has 2 saturated carbocycles. The molecule has 0 aliphatic heterocycles. The van der Waals surface area contributed by atoms with Crippen molar-refractivity contribution in [1.29, 1.82) is 0 Å². The number of nitrogens with zero attached hydrogens (tertiary/aromatic N) is 1. The van der Waals surface area contributed by atoms with Crippen LogP contribution in [0.3, 0.4) is 0 Å². The lowest BCUT2D eigenvalue weighted by Crippen LogP contribution is -2.49. The molecule has 2 aliphatic rings. The molecule has 0 bridgehead atoms. The maximum atomic E-state index is 13.6. The van der Waals surface area contributed by atoms with Crippen molar-refractivity contribution in [1.82, 2.24) is 4.90 Å². The third kappa shape index (κ3) is 4.09. The first kappa shape index (κ1) is 18.8. The fourth-order valence-corrected chi connectivity index (χ4v) is 4.87. The molecule has 1 aromatic rings. The first-order chi connectivity index (χ1) is 12.1. The highest BCUT2D eigenvalue weighted by molar-refractivity contribution is 6.37. The Morgan fingerprint density at radius 2 is 1.40 bits per heavy atom. The predicted octanol–water partition coefficient (Wildman–Crippen LogP) is 6.11. The zero-order valence-corrected chi connectivity index (χ0v) is 16.4. The van der Waals surface area contributed by atoms with Crippen LogP contribution in [0.2, 0.25) is 10.0 Å². The van der Waals surface area contributed by atoms with Crippen molar-refractivity contribution in [2.45, 2.75) is 76.3 Å². The van der Waals surface area contributed by atoms with E-state index in [4.69, 9.17) is 27.9 Å². The molecule has 0 spiro atoms. The van der Waals surface area contributed by atoms with Crippen LogP contribution in [0.1, 0.15) is 74.6 Å². The number of carbonyl (C=O) groups is 1. The van der Waals surface area contributed by atoms with Crippen LogP contribution in [0.15, 0.2) is 12.1 Å². The molecule has 3 rings (SSSR count). The zero-order chi connectivity index (χ0) is 17.8. The van der Waals surface area contributed by atoms with Crippen LogP contribution in [0.25, 0.3) is 0 Å². The lowest BCUT2D eigenvalue weighted by molar-refractivity contribution is 0.0445. The molecule has 3 nitrogen and oxygen atoms in total. The van der Waals surface area contributed by atoms with Gasteiger partial charge >= 0.3 is 0 Å². The molecule has 0 N–H and O–H groups in total. The summed E-state index contributed by atoms with van der Waals surface area (Å²) in [6, 6.07) is 4.00. The summed E-state index contributed by atoms with van der Waals surface area (Å²) in [6.07, 6.45) is 11.7. The second-order valence-electron chi connectivity index (χ2n) is 7.23. The van der Waals surface area contributed by atoms with Crippen molar-refractivity contribution in [3.8, 4) is 5.75 Å². The van der Waals surface area contributed by atoms with Crippen molar-refractivity contribution >= 4 is 29.1 Å². The lowest BCUT2D eigenvalue weighted by atomic mass is 9.88. The highest BCUT2D eigenvalue weighted by atomic mass is 35.5. The number of rotatable bonds is 4. The quantitative estimate of drug-likeness (QED) is 0.627. The number of ether oxygens (including phenoxy) is 1. The van der Waals surface area contributed by atoms with Crippen LogP contribution in [0.5, 0.6) is 5.75 Å². The third-order valence-electron chi connectivity index (χ3n) is 5.65. The Kier molecular flexibility index (Phi) is 6.51. The topological polar surface area (TPSA) is 29.5 Å². The van der Waals surface area contributed by atoms with Gasteiger partial charge in [-0.05, 0) is 37.8 Å². The van der Waals surface area contributed by atoms with Gasteiger partial charge in [-0.25, -0.2) is 0 Å². The van der Waals surface area contributed by atoms with Gasteiger partial charge in [-0.15, -0.1) is 0 Å². The number of hydrogen-bond donors (Lipinski definition) is 0. The van der Waals surface area contributed by atoms with E-state index in [1.54, 1.807) is 19.2 Å². The van der Waals surface area contributed by atoms with E-state index >= 15 is 0 Å². The summed E-state index contributed by atoms with van der Waals surface area (Å²) in [4.78, 5) is 15.7. The van der Waals surface area contributed by atoms with E-state index in [9.17, 15) is 4.79 Å². The summed E-state index contributed by atoms with van der Waals surface area (Å²) in [5, 5.41) is 0.852. The van der Waals surface area contributed by atoms with Gasteiger partial charge in [0.15, 0.2) is 5.75 Å². The summed E-state index contributed by atoms with van der Waals surface area (Å²) in [5.74, 6) is 0.388. The minimum absolute atomic E-state index is 0.0110. The molecular weight excluding hydrogens is 357 g/mol. The Balaban J connectivity index is 1.97. The molecule has 138 valence electrons. The minimum atomic E-state index is -0.0110.